The van der Waals surface area contributed by atoms with E-state index in [0.29, 0.717) is 13.1 Å². The van der Waals surface area contributed by atoms with Crippen molar-refractivity contribution in [3.63, 3.8) is 0 Å². The number of hydrogen-bond acceptors (Lipinski definition) is 6. The van der Waals surface area contributed by atoms with Crippen LogP contribution in [0.25, 0.3) is 0 Å². The number of anilines is 1. The number of methoxy groups -OCH3 is 1. The van der Waals surface area contributed by atoms with E-state index in [0.717, 1.165) is 6.07 Å². The van der Waals surface area contributed by atoms with Crippen LogP contribution in [-0.4, -0.2) is 47.2 Å². The summed E-state index contributed by atoms with van der Waals surface area (Å²) in [4.78, 5) is 12.4. The summed E-state index contributed by atoms with van der Waals surface area (Å²) in [5, 5.41) is 7.66. The Balaban J connectivity index is 2.43. The van der Waals surface area contributed by atoms with Gasteiger partial charge >= 0.3 is 0 Å². The Morgan fingerprint density at radius 3 is 2.24 bits per heavy atom. The zero-order chi connectivity index (χ0) is 21.8. The number of benzene rings is 2. The molecule has 2 rings (SSSR count). The Kier molecular flexibility index (Phi) is 7.01. The van der Waals surface area contributed by atoms with Crippen LogP contribution >= 0.6 is 0 Å². The van der Waals surface area contributed by atoms with Gasteiger partial charge in [0.25, 0.3) is 5.91 Å². The fraction of sp³-hybridized carbons (Fsp3) is 0.278. The van der Waals surface area contributed by atoms with Crippen molar-refractivity contribution in [3.05, 3.63) is 48.0 Å². The van der Waals surface area contributed by atoms with Crippen LogP contribution in [0.3, 0.4) is 0 Å². The molecule has 0 aliphatic rings. The van der Waals surface area contributed by atoms with Crippen LogP contribution < -0.4 is 15.2 Å². The summed E-state index contributed by atoms with van der Waals surface area (Å²) >= 11 is 0. The molecule has 0 aliphatic carbocycles. The molecule has 2 aromatic carbocycles. The Bertz CT molecular complexity index is 1110. The summed E-state index contributed by atoms with van der Waals surface area (Å²) in [5.74, 6) is -0.398. The molecule has 0 spiro atoms. The fourth-order valence-electron chi connectivity index (χ4n) is 2.67. The summed E-state index contributed by atoms with van der Waals surface area (Å²) in [5.41, 5.74) is 0.169. The molecule has 0 unspecified atom stereocenters. The Morgan fingerprint density at radius 2 is 1.69 bits per heavy atom. The lowest BCUT2D eigenvalue weighted by molar-refractivity contribution is 0.102. The van der Waals surface area contributed by atoms with E-state index < -0.39 is 26.0 Å². The second-order valence-electron chi connectivity index (χ2n) is 5.98. The van der Waals surface area contributed by atoms with Crippen molar-refractivity contribution in [3.8, 4) is 5.75 Å². The number of primary sulfonamides is 1. The molecule has 29 heavy (non-hydrogen) atoms. The van der Waals surface area contributed by atoms with Gasteiger partial charge in [0.1, 0.15) is 5.75 Å². The van der Waals surface area contributed by atoms with Gasteiger partial charge in [0.05, 0.1) is 22.6 Å². The smallest absolute Gasteiger partial charge is 0.255 e. The van der Waals surface area contributed by atoms with E-state index in [-0.39, 0.29) is 26.8 Å². The second kappa shape index (κ2) is 8.91. The minimum Gasteiger partial charge on any atom is -0.495 e. The maximum absolute atomic E-state index is 12.7. The van der Waals surface area contributed by atoms with Crippen molar-refractivity contribution in [1.29, 1.82) is 0 Å². The maximum atomic E-state index is 12.7. The van der Waals surface area contributed by atoms with E-state index in [9.17, 15) is 21.6 Å². The summed E-state index contributed by atoms with van der Waals surface area (Å²) in [6.45, 7) is 4.05. The lowest BCUT2D eigenvalue weighted by atomic mass is 10.2. The molecule has 2 aromatic rings. The molecule has 9 nitrogen and oxygen atoms in total. The molecule has 0 fully saturated rings. The number of carbonyl (C=O) groups is 1. The topological polar surface area (TPSA) is 136 Å². The molecule has 3 N–H and O–H groups in total. The number of sulfonamides is 2. The van der Waals surface area contributed by atoms with Gasteiger partial charge in [-0.15, -0.1) is 0 Å². The minimum atomic E-state index is -3.98. The maximum Gasteiger partial charge on any atom is 0.255 e. The van der Waals surface area contributed by atoms with E-state index in [1.165, 1.54) is 47.8 Å². The Hall–Kier alpha value is -2.47. The normalized spacial score (nSPS) is 12.0. The van der Waals surface area contributed by atoms with E-state index in [2.05, 4.69) is 5.32 Å². The monoisotopic (exact) mass is 441 g/mol. The van der Waals surface area contributed by atoms with E-state index in [1.807, 2.05) is 0 Å². The van der Waals surface area contributed by atoms with Crippen LogP contribution in [-0.2, 0) is 20.0 Å². The molecular weight excluding hydrogens is 418 g/mol. The van der Waals surface area contributed by atoms with Gasteiger partial charge in [-0.05, 0) is 36.4 Å². The SMILES string of the molecule is CCN(CC)S(=O)(=O)c1ccc(OC)c(NC(=O)c2cccc(S(N)(=O)=O)c2)c1. The van der Waals surface area contributed by atoms with Crippen molar-refractivity contribution < 1.29 is 26.4 Å². The van der Waals surface area contributed by atoms with Gasteiger partial charge in [-0.2, -0.15) is 4.31 Å². The van der Waals surface area contributed by atoms with Crippen LogP contribution in [0.1, 0.15) is 24.2 Å². The number of hydrogen-bond donors (Lipinski definition) is 2. The highest BCUT2D eigenvalue weighted by atomic mass is 32.2. The zero-order valence-electron chi connectivity index (χ0n) is 16.2. The lowest BCUT2D eigenvalue weighted by Crippen LogP contribution is -2.30. The van der Waals surface area contributed by atoms with Crippen LogP contribution in [0.15, 0.2) is 52.3 Å². The molecule has 0 saturated heterocycles. The quantitative estimate of drug-likeness (QED) is 0.639. The highest BCUT2D eigenvalue weighted by Gasteiger charge is 2.23. The van der Waals surface area contributed by atoms with Crippen molar-refractivity contribution >= 4 is 31.6 Å². The first-order chi connectivity index (χ1) is 13.5. The molecule has 0 heterocycles. The van der Waals surface area contributed by atoms with Gasteiger partial charge in [0.2, 0.25) is 20.0 Å². The first-order valence-electron chi connectivity index (χ1n) is 8.67. The second-order valence-corrected chi connectivity index (χ2v) is 9.48. The van der Waals surface area contributed by atoms with Gasteiger partial charge in [-0.1, -0.05) is 19.9 Å². The average molecular weight is 442 g/mol. The highest BCUT2D eigenvalue weighted by Crippen LogP contribution is 2.29. The first-order valence-corrected chi connectivity index (χ1v) is 11.7. The van der Waals surface area contributed by atoms with Crippen LogP contribution in [0.4, 0.5) is 5.69 Å². The third-order valence-electron chi connectivity index (χ3n) is 4.19. The predicted octanol–water partition coefficient (Wildman–Crippen LogP) is 1.63. The molecule has 11 heteroatoms. The molecule has 158 valence electrons. The number of amides is 1. The van der Waals surface area contributed by atoms with Crippen molar-refractivity contribution in [2.75, 3.05) is 25.5 Å². The number of nitrogens with two attached hydrogens (primary N) is 1. The molecule has 0 radical (unpaired) electrons. The molecule has 0 aliphatic heterocycles. The van der Waals surface area contributed by atoms with Crippen molar-refractivity contribution in [2.45, 2.75) is 23.6 Å². The number of ether oxygens (including phenoxy) is 1. The average Bonchev–Trinajstić information content (AvgIpc) is 2.68. The van der Waals surface area contributed by atoms with E-state index in [1.54, 1.807) is 13.8 Å². The number of rotatable bonds is 8. The number of carbonyl (C=O) groups excluding carboxylic acids is 1. The van der Waals surface area contributed by atoms with Gasteiger partial charge in [0, 0.05) is 18.7 Å². The summed E-state index contributed by atoms with van der Waals surface area (Å²) in [6, 6.07) is 9.32. The highest BCUT2D eigenvalue weighted by molar-refractivity contribution is 7.89. The Morgan fingerprint density at radius 1 is 1.03 bits per heavy atom. The Labute approximate surface area is 170 Å². The third kappa shape index (κ3) is 5.12. The molecule has 0 saturated carbocycles. The first kappa shape index (κ1) is 22.8. The fourth-order valence-corrected chi connectivity index (χ4v) is 4.71. The molecule has 0 aromatic heterocycles. The van der Waals surface area contributed by atoms with Crippen molar-refractivity contribution in [2.24, 2.45) is 5.14 Å². The summed E-state index contributed by atoms with van der Waals surface area (Å²) < 4.78 is 55.0. The summed E-state index contributed by atoms with van der Waals surface area (Å²) in [6.07, 6.45) is 0. The number of nitrogens with zero attached hydrogens (tertiary/aromatic N) is 1. The van der Waals surface area contributed by atoms with Gasteiger partial charge in [0.15, 0.2) is 0 Å². The summed E-state index contributed by atoms with van der Waals surface area (Å²) in [7, 11) is -6.34. The lowest BCUT2D eigenvalue weighted by Gasteiger charge is -2.19. The zero-order valence-corrected chi connectivity index (χ0v) is 17.9. The molecule has 1 amide bonds. The van der Waals surface area contributed by atoms with E-state index in [4.69, 9.17) is 9.88 Å². The van der Waals surface area contributed by atoms with Crippen LogP contribution in [0, 0.1) is 0 Å². The van der Waals surface area contributed by atoms with E-state index >= 15 is 0 Å². The number of nitrogens with one attached hydrogen (secondary N) is 1. The van der Waals surface area contributed by atoms with Gasteiger partial charge in [-0.3, -0.25) is 4.79 Å². The van der Waals surface area contributed by atoms with Crippen molar-refractivity contribution in [1.82, 2.24) is 4.31 Å². The largest absolute Gasteiger partial charge is 0.495 e. The third-order valence-corrected chi connectivity index (χ3v) is 7.14. The minimum absolute atomic E-state index is 0.00409. The van der Waals surface area contributed by atoms with Crippen LogP contribution in [0.2, 0.25) is 0 Å². The molecule has 0 atom stereocenters. The van der Waals surface area contributed by atoms with Crippen LogP contribution in [0.5, 0.6) is 5.75 Å². The standard InChI is InChI=1S/C18H23N3O6S2/c1-4-21(5-2)29(25,26)15-9-10-17(27-3)16(12-15)20-18(22)13-7-6-8-14(11-13)28(19,23)24/h6-12H,4-5H2,1-3H3,(H,20,22)(H2,19,23,24). The van der Waals surface area contributed by atoms with Gasteiger partial charge in [-0.25, -0.2) is 22.0 Å². The molecule has 0 bridgehead atoms. The molecular formula is C18H23N3O6S2. The predicted molar refractivity (Wildman–Crippen MR) is 109 cm³/mol. The van der Waals surface area contributed by atoms with Gasteiger partial charge < -0.3 is 10.1 Å².